The Kier molecular flexibility index (Phi) is 33.9. The van der Waals surface area contributed by atoms with Gasteiger partial charge in [0.05, 0.1) is 12.6 Å². The largest absolute Gasteiger partial charge is 0.370 e. The van der Waals surface area contributed by atoms with Gasteiger partial charge in [-0.15, -0.1) is 0 Å². The first kappa shape index (κ1) is 78.5. The van der Waals surface area contributed by atoms with E-state index in [1.54, 1.807) is 60.7 Å². The van der Waals surface area contributed by atoms with Crippen LogP contribution in [0.5, 0.6) is 0 Å². The van der Waals surface area contributed by atoms with Gasteiger partial charge in [0.1, 0.15) is 54.4 Å². The van der Waals surface area contributed by atoms with Crippen molar-refractivity contribution in [1.29, 1.82) is 0 Å². The minimum absolute atomic E-state index is 0.0736. The molecule has 22 N–H and O–H groups in total. The summed E-state index contributed by atoms with van der Waals surface area (Å²) in [6, 6.07) is 4.51. The Morgan fingerprint density at radius 2 is 1.01 bits per heavy atom. The van der Waals surface area contributed by atoms with Crippen molar-refractivity contribution >= 4 is 94.5 Å². The predicted molar refractivity (Wildman–Crippen MR) is 356 cm³/mol. The highest BCUT2D eigenvalue weighted by atomic mass is 32.2. The average molecular weight is 1350 g/mol. The molecular weight excluding hydrogens is 1250 g/mol. The second-order valence-corrected chi connectivity index (χ2v) is 25.1. The van der Waals surface area contributed by atoms with E-state index in [2.05, 4.69) is 47.5 Å². The van der Waals surface area contributed by atoms with E-state index < -0.39 is 169 Å². The molecule has 0 saturated carbocycles. The van der Waals surface area contributed by atoms with Crippen LogP contribution in [0, 0.1) is 5.92 Å². The Morgan fingerprint density at radius 3 is 1.51 bits per heavy atom. The molecule has 31 nitrogen and oxygen atoms in total. The van der Waals surface area contributed by atoms with Gasteiger partial charge in [-0.25, -0.2) is 0 Å². The van der Waals surface area contributed by atoms with Gasteiger partial charge in [-0.2, -0.15) is 11.8 Å². The summed E-state index contributed by atoms with van der Waals surface area (Å²) in [6.45, 7) is 3.86. The SMILES string of the molecule is CSCC[C@H](NC(=O)[C@H](CC(C)C)NC(=O)CNC(=O)[C@H](Cc1ccccc1)NC(=O)[C@H](Cc1ccccc1)NC(=O)[C@@H](CCC(N)=O)NC(=O)[C@H](CCC(N)=O)NC(=O)[C@H]1CCCN1C(=O)[C@H](CCCCN)NC(=O)[C@@H]1CCCN1C(=O)[C@@H](N)CCCN=C(N)N)C(N)=O. The third-order valence-corrected chi connectivity index (χ3v) is 16.7. The smallest absolute Gasteiger partial charge is 0.245 e. The van der Waals surface area contributed by atoms with Crippen LogP contribution < -0.4 is 82.7 Å². The maximum Gasteiger partial charge on any atom is 0.245 e. The van der Waals surface area contributed by atoms with Crippen molar-refractivity contribution in [2.75, 3.05) is 44.7 Å². The van der Waals surface area contributed by atoms with Crippen LogP contribution in [-0.4, -0.2) is 198 Å². The van der Waals surface area contributed by atoms with E-state index in [1.807, 2.05) is 20.1 Å². The topological polar surface area (TPSA) is 519 Å². The molecule has 13 amide bonds. The van der Waals surface area contributed by atoms with Crippen molar-refractivity contribution < 1.29 is 62.3 Å². The van der Waals surface area contributed by atoms with Gasteiger partial charge in [0.15, 0.2) is 5.96 Å². The van der Waals surface area contributed by atoms with Gasteiger partial charge < -0.3 is 92.5 Å². The second kappa shape index (κ2) is 41.0. The van der Waals surface area contributed by atoms with E-state index in [0.717, 1.165) is 0 Å². The Morgan fingerprint density at radius 1 is 0.537 bits per heavy atom. The number of aliphatic imine (C=N–C) groups is 1. The highest BCUT2D eigenvalue weighted by Crippen LogP contribution is 2.24. The zero-order valence-corrected chi connectivity index (χ0v) is 55.3. The summed E-state index contributed by atoms with van der Waals surface area (Å²) >= 11 is 1.45. The molecule has 2 saturated heterocycles. The minimum atomic E-state index is -1.64. The fraction of sp³-hybridized carbons (Fsp3) is 0.587. The molecule has 2 heterocycles. The van der Waals surface area contributed by atoms with Gasteiger partial charge in [0.2, 0.25) is 76.8 Å². The molecule has 10 atom stereocenters. The molecular formula is C63H98N18O13S. The zero-order valence-electron chi connectivity index (χ0n) is 54.5. The number of benzene rings is 2. The summed E-state index contributed by atoms with van der Waals surface area (Å²) in [5, 5.41) is 21.1. The number of guanidine groups is 1. The van der Waals surface area contributed by atoms with Gasteiger partial charge >= 0.3 is 0 Å². The fourth-order valence-corrected chi connectivity index (χ4v) is 11.5. The van der Waals surface area contributed by atoms with Crippen molar-refractivity contribution in [3.63, 3.8) is 0 Å². The molecule has 0 unspecified atom stereocenters. The maximum absolute atomic E-state index is 14.7. The van der Waals surface area contributed by atoms with Crippen LogP contribution in [0.2, 0.25) is 0 Å². The van der Waals surface area contributed by atoms with Crippen molar-refractivity contribution in [2.24, 2.45) is 51.0 Å². The van der Waals surface area contributed by atoms with E-state index in [0.29, 0.717) is 55.4 Å². The number of hydrogen-bond acceptors (Lipinski definition) is 17. The van der Waals surface area contributed by atoms with Gasteiger partial charge in [-0.3, -0.25) is 67.3 Å². The number of amides is 13. The molecule has 0 aliphatic carbocycles. The molecule has 0 bridgehead atoms. The molecule has 2 aromatic carbocycles. The van der Waals surface area contributed by atoms with E-state index in [4.69, 9.17) is 40.1 Å². The van der Waals surface area contributed by atoms with Crippen molar-refractivity contribution in [2.45, 2.75) is 183 Å². The summed E-state index contributed by atoms with van der Waals surface area (Å²) in [4.78, 5) is 185. The predicted octanol–water partition coefficient (Wildman–Crippen LogP) is -3.71. The van der Waals surface area contributed by atoms with Gasteiger partial charge in [0, 0.05) is 45.3 Å². The molecule has 4 rings (SSSR count). The fourth-order valence-electron chi connectivity index (χ4n) is 11.0. The van der Waals surface area contributed by atoms with Crippen LogP contribution in [-0.2, 0) is 75.2 Å². The molecule has 2 aliphatic heterocycles. The lowest BCUT2D eigenvalue weighted by Crippen LogP contribution is -2.60. The number of nitrogens with zero attached hydrogens (tertiary/aromatic N) is 3. The average Bonchev–Trinajstić information content (AvgIpc) is 1.74. The van der Waals surface area contributed by atoms with Crippen LogP contribution in [0.25, 0.3) is 0 Å². The van der Waals surface area contributed by atoms with Crippen LogP contribution in [0.1, 0.15) is 121 Å². The summed E-state index contributed by atoms with van der Waals surface area (Å²) < 4.78 is 0. The molecule has 524 valence electrons. The van der Waals surface area contributed by atoms with E-state index in [-0.39, 0.29) is 83.0 Å². The first-order valence-corrected chi connectivity index (χ1v) is 33.6. The number of rotatable bonds is 42. The lowest BCUT2D eigenvalue weighted by molar-refractivity contribution is -0.144. The van der Waals surface area contributed by atoms with E-state index in [9.17, 15) is 62.3 Å². The number of carbonyl (C=O) groups is 13. The number of nitrogens with one attached hydrogen (secondary N) is 8. The second-order valence-electron chi connectivity index (χ2n) is 24.1. The Bertz CT molecular complexity index is 2960. The molecule has 95 heavy (non-hydrogen) atoms. The number of thioether (sulfide) groups is 1. The van der Waals surface area contributed by atoms with Crippen LogP contribution in [0.4, 0.5) is 0 Å². The molecule has 0 radical (unpaired) electrons. The molecule has 32 heteroatoms. The summed E-state index contributed by atoms with van der Waals surface area (Å²) in [6.07, 6.45) is 3.12. The standard InChI is InChI=1S/C63H98N18O13S/c1-37(2)33-45(57(89)74-41(53(68)85)27-32-95-3)73-52(84)36-72-54(86)46(34-38-15-6-4-7-16-38)78-58(90)47(35-39-17-8-5-9-18-39)79-56(88)42(23-25-50(66)82)75-55(87)43(24-26-51(67)83)76-59(91)49-22-14-31-81(49)62(94)44(20-10-11-28-64)77-60(92)48-21-13-30-80(48)61(93)40(65)19-12-29-71-63(69)70/h4-9,15-18,37,40-49H,10-14,19-36,64-65H2,1-3H3,(H2,66,82)(H2,67,83)(H2,68,85)(H,72,86)(H,73,84)(H,74,89)(H,75,87)(H,76,91)(H,77,92)(H,78,90)(H,79,88)(H4,69,70,71)/t40-,41-,42+,43-,44-,45-,46-,47-,48-,49+/m0/s1. The van der Waals surface area contributed by atoms with Gasteiger partial charge in [0.25, 0.3) is 0 Å². The first-order chi connectivity index (χ1) is 45.2. The molecule has 0 aromatic heterocycles. The van der Waals surface area contributed by atoms with Crippen LogP contribution >= 0.6 is 11.8 Å². The molecule has 2 fully saturated rings. The van der Waals surface area contributed by atoms with Crippen molar-refractivity contribution in [1.82, 2.24) is 52.3 Å². The quantitative estimate of drug-likeness (QED) is 0.0173. The number of primary amides is 3. The number of carbonyl (C=O) groups excluding carboxylic acids is 13. The first-order valence-electron chi connectivity index (χ1n) is 32.2. The van der Waals surface area contributed by atoms with Crippen LogP contribution in [0.15, 0.2) is 65.7 Å². The number of likely N-dealkylation sites (tertiary alicyclic amines) is 2. The highest BCUT2D eigenvalue weighted by molar-refractivity contribution is 7.98. The molecule has 2 aromatic rings. The normalized spacial score (nSPS) is 16.8. The number of unbranched alkanes of at least 4 members (excludes halogenated alkanes) is 1. The summed E-state index contributed by atoms with van der Waals surface area (Å²) in [5.74, 6) is -9.80. The van der Waals surface area contributed by atoms with Crippen molar-refractivity contribution in [3.8, 4) is 0 Å². The highest BCUT2D eigenvalue weighted by Gasteiger charge is 2.42. The van der Waals surface area contributed by atoms with Gasteiger partial charge in [-0.05, 0) is 119 Å². The lowest BCUT2D eigenvalue weighted by Gasteiger charge is -2.32. The maximum atomic E-state index is 14.7. The Hall–Kier alpha value is -8.91. The van der Waals surface area contributed by atoms with Crippen molar-refractivity contribution in [3.05, 3.63) is 71.8 Å². The zero-order chi connectivity index (χ0) is 70.1. The monoisotopic (exact) mass is 1350 g/mol. The summed E-state index contributed by atoms with van der Waals surface area (Å²) in [5.41, 5.74) is 40.6. The lowest BCUT2D eigenvalue weighted by atomic mass is 10.0. The van der Waals surface area contributed by atoms with Crippen LogP contribution in [0.3, 0.4) is 0 Å². The van der Waals surface area contributed by atoms with Gasteiger partial charge in [-0.1, -0.05) is 74.5 Å². The summed E-state index contributed by atoms with van der Waals surface area (Å²) in [7, 11) is 0. The minimum Gasteiger partial charge on any atom is -0.370 e. The van der Waals surface area contributed by atoms with E-state index >= 15 is 0 Å². The third-order valence-electron chi connectivity index (χ3n) is 16.0. The third kappa shape index (κ3) is 27.5. The number of nitrogens with two attached hydrogens (primary N) is 7. The number of hydrogen-bond donors (Lipinski definition) is 15. The molecule has 2 aliphatic rings. The molecule has 0 spiro atoms. The Balaban J connectivity index is 1.56. The Labute approximate surface area is 558 Å². The van der Waals surface area contributed by atoms with E-state index in [1.165, 1.54) is 21.6 Å².